The normalized spacial score (nSPS) is 12.7. The van der Waals surface area contributed by atoms with Crippen molar-refractivity contribution in [2.75, 3.05) is 19.8 Å². The van der Waals surface area contributed by atoms with Crippen LogP contribution in [0.4, 0.5) is 13.2 Å². The molecule has 0 heterocycles. The second kappa shape index (κ2) is 5.69. The zero-order valence-electron chi connectivity index (χ0n) is 8.45. The number of carbonyl (C=O) groups excluding carboxylic acids is 1. The van der Waals surface area contributed by atoms with Crippen molar-refractivity contribution in [1.82, 2.24) is 5.32 Å². The molecule has 7 heteroatoms. The van der Waals surface area contributed by atoms with Crippen LogP contribution in [0.15, 0.2) is 0 Å². The molecular weight excluding hydrogens is 279 g/mol. The first kappa shape index (κ1) is 14.7. The highest BCUT2D eigenvalue weighted by atomic mass is 79.9. The van der Waals surface area contributed by atoms with Crippen molar-refractivity contribution in [2.45, 2.75) is 24.3 Å². The van der Waals surface area contributed by atoms with Crippen molar-refractivity contribution in [2.24, 2.45) is 0 Å². The minimum Gasteiger partial charge on any atom is -0.370 e. The van der Waals surface area contributed by atoms with E-state index in [9.17, 15) is 18.0 Å². The maximum absolute atomic E-state index is 11.6. The zero-order valence-corrected chi connectivity index (χ0v) is 10.0. The lowest BCUT2D eigenvalue weighted by atomic mass is 10.2. The lowest BCUT2D eigenvalue weighted by Crippen LogP contribution is -2.39. The molecule has 0 spiro atoms. The number of hydrogen-bond donors (Lipinski definition) is 1. The maximum Gasteiger partial charge on any atom is 0.411 e. The first-order chi connectivity index (χ1) is 6.63. The third-order valence-electron chi connectivity index (χ3n) is 1.34. The molecule has 0 saturated carbocycles. The fraction of sp³-hybridized carbons (Fsp3) is 0.875. The van der Waals surface area contributed by atoms with Gasteiger partial charge in [0.05, 0.1) is 10.9 Å². The average Bonchev–Trinajstić information content (AvgIpc) is 1.99. The smallest absolute Gasteiger partial charge is 0.370 e. The second-order valence-electron chi connectivity index (χ2n) is 3.40. The summed E-state index contributed by atoms with van der Waals surface area (Å²) in [7, 11) is 0. The molecule has 0 unspecified atom stereocenters. The molecule has 15 heavy (non-hydrogen) atoms. The number of amides is 1. The van der Waals surface area contributed by atoms with Crippen LogP contribution in [0.25, 0.3) is 0 Å². The van der Waals surface area contributed by atoms with Crippen LogP contribution in [-0.2, 0) is 9.53 Å². The molecule has 0 radical (unpaired) electrons. The highest BCUT2D eigenvalue weighted by Crippen LogP contribution is 2.15. The molecule has 0 aliphatic carbocycles. The molecule has 0 aromatic carbocycles. The molecule has 0 bridgehead atoms. The Morgan fingerprint density at radius 3 is 2.33 bits per heavy atom. The lowest BCUT2D eigenvalue weighted by Gasteiger charge is -2.15. The van der Waals surface area contributed by atoms with Gasteiger partial charge in [0.25, 0.3) is 0 Å². The number of hydrogen-bond acceptors (Lipinski definition) is 2. The molecule has 1 N–H and O–H groups in total. The van der Waals surface area contributed by atoms with Gasteiger partial charge in [-0.2, -0.15) is 13.2 Å². The molecule has 0 aliphatic heterocycles. The van der Waals surface area contributed by atoms with Gasteiger partial charge in [-0.05, 0) is 13.8 Å². The fourth-order valence-electron chi connectivity index (χ4n) is 0.635. The molecular formula is C8H13BrF3NO2. The van der Waals surface area contributed by atoms with Gasteiger partial charge in [-0.15, -0.1) is 0 Å². The van der Waals surface area contributed by atoms with Gasteiger partial charge < -0.3 is 10.1 Å². The van der Waals surface area contributed by atoms with Crippen molar-refractivity contribution < 1.29 is 22.7 Å². The quantitative estimate of drug-likeness (QED) is 0.620. The van der Waals surface area contributed by atoms with Gasteiger partial charge in [-0.25, -0.2) is 0 Å². The first-order valence-electron chi connectivity index (χ1n) is 4.24. The monoisotopic (exact) mass is 291 g/mol. The standard InChI is InChI=1S/C8H13BrF3NO2/c1-7(2,9)6(14)13-3-4-15-5-8(10,11)12/h3-5H2,1-2H3,(H,13,14). The van der Waals surface area contributed by atoms with Gasteiger partial charge in [-0.3, -0.25) is 4.79 Å². The third-order valence-corrected chi connectivity index (χ3v) is 1.70. The van der Waals surface area contributed by atoms with Crippen LogP contribution in [0.1, 0.15) is 13.8 Å². The van der Waals surface area contributed by atoms with Crippen LogP contribution in [-0.4, -0.2) is 36.2 Å². The van der Waals surface area contributed by atoms with Crippen LogP contribution in [0.2, 0.25) is 0 Å². The predicted molar refractivity (Wildman–Crippen MR) is 52.9 cm³/mol. The van der Waals surface area contributed by atoms with Crippen LogP contribution < -0.4 is 5.32 Å². The molecule has 3 nitrogen and oxygen atoms in total. The lowest BCUT2D eigenvalue weighted by molar-refractivity contribution is -0.173. The summed E-state index contributed by atoms with van der Waals surface area (Å²) < 4.78 is 38.4. The Labute approximate surface area is 94.5 Å². The largest absolute Gasteiger partial charge is 0.411 e. The van der Waals surface area contributed by atoms with Crippen molar-refractivity contribution in [3.8, 4) is 0 Å². The molecule has 0 fully saturated rings. The third kappa shape index (κ3) is 8.68. The van der Waals surface area contributed by atoms with E-state index < -0.39 is 17.1 Å². The van der Waals surface area contributed by atoms with E-state index in [-0.39, 0.29) is 19.1 Å². The summed E-state index contributed by atoms with van der Waals surface area (Å²) in [4.78, 5) is 11.2. The number of nitrogens with one attached hydrogen (secondary N) is 1. The Morgan fingerprint density at radius 1 is 1.40 bits per heavy atom. The van der Waals surface area contributed by atoms with E-state index in [1.807, 2.05) is 0 Å². The van der Waals surface area contributed by atoms with E-state index in [4.69, 9.17) is 0 Å². The van der Waals surface area contributed by atoms with E-state index in [2.05, 4.69) is 26.0 Å². The molecule has 1 amide bonds. The summed E-state index contributed by atoms with van der Waals surface area (Å²) >= 11 is 3.11. The minimum atomic E-state index is -4.32. The highest BCUT2D eigenvalue weighted by Gasteiger charge is 2.27. The molecule has 0 aromatic rings. The van der Waals surface area contributed by atoms with E-state index in [0.717, 1.165) is 0 Å². The van der Waals surface area contributed by atoms with Crippen molar-refractivity contribution in [1.29, 1.82) is 0 Å². The van der Waals surface area contributed by atoms with Crippen LogP contribution >= 0.6 is 15.9 Å². The SMILES string of the molecule is CC(C)(Br)C(=O)NCCOCC(F)(F)F. The second-order valence-corrected chi connectivity index (χ2v) is 5.38. The van der Waals surface area contributed by atoms with E-state index in [0.29, 0.717) is 0 Å². The molecule has 0 atom stereocenters. The van der Waals surface area contributed by atoms with Gasteiger partial charge in [-0.1, -0.05) is 15.9 Å². The summed E-state index contributed by atoms with van der Waals surface area (Å²) in [5, 5.41) is 2.43. The van der Waals surface area contributed by atoms with E-state index in [1.165, 1.54) is 0 Å². The number of halogens is 4. The summed E-state index contributed by atoms with van der Waals surface area (Å²) in [5.41, 5.74) is 0. The Hall–Kier alpha value is -0.300. The topological polar surface area (TPSA) is 38.3 Å². The fourth-order valence-corrected chi connectivity index (χ4v) is 0.775. The van der Waals surface area contributed by atoms with E-state index in [1.54, 1.807) is 13.8 Å². The predicted octanol–water partition coefficient (Wildman–Crippen LogP) is 1.86. The summed E-state index contributed by atoms with van der Waals surface area (Å²) in [5.74, 6) is -0.293. The van der Waals surface area contributed by atoms with E-state index >= 15 is 0 Å². The Morgan fingerprint density at radius 2 is 1.93 bits per heavy atom. The zero-order chi connectivity index (χ0) is 12.1. The van der Waals surface area contributed by atoms with Gasteiger partial charge in [0.1, 0.15) is 6.61 Å². The van der Waals surface area contributed by atoms with Crippen molar-refractivity contribution >= 4 is 21.8 Å². The number of rotatable bonds is 5. The van der Waals surface area contributed by atoms with Gasteiger partial charge >= 0.3 is 6.18 Å². The van der Waals surface area contributed by atoms with Gasteiger partial charge in [0, 0.05) is 6.54 Å². The van der Waals surface area contributed by atoms with Crippen molar-refractivity contribution in [3.63, 3.8) is 0 Å². The van der Waals surface area contributed by atoms with Crippen LogP contribution in [0, 0.1) is 0 Å². The van der Waals surface area contributed by atoms with Crippen LogP contribution in [0.3, 0.4) is 0 Å². The molecule has 0 aromatic heterocycles. The number of ether oxygens (including phenoxy) is 1. The number of carbonyl (C=O) groups is 1. The maximum atomic E-state index is 11.6. The Balaban J connectivity index is 3.53. The highest BCUT2D eigenvalue weighted by molar-refractivity contribution is 9.10. The molecule has 0 saturated heterocycles. The summed E-state index contributed by atoms with van der Waals surface area (Å²) in [6.07, 6.45) is -4.32. The first-order valence-corrected chi connectivity index (χ1v) is 5.04. The molecule has 0 aliphatic rings. The van der Waals surface area contributed by atoms with Gasteiger partial charge in [0.2, 0.25) is 5.91 Å². The minimum absolute atomic E-state index is 0.0595. The summed E-state index contributed by atoms with van der Waals surface area (Å²) in [6.45, 7) is 1.89. The molecule has 90 valence electrons. The van der Waals surface area contributed by atoms with Crippen molar-refractivity contribution in [3.05, 3.63) is 0 Å². The molecule has 0 rings (SSSR count). The summed E-state index contributed by atoms with van der Waals surface area (Å²) in [6, 6.07) is 0. The number of alkyl halides is 4. The average molecular weight is 292 g/mol. The van der Waals surface area contributed by atoms with Gasteiger partial charge in [0.15, 0.2) is 0 Å². The van der Waals surface area contributed by atoms with Crippen LogP contribution in [0.5, 0.6) is 0 Å². The Bertz CT molecular complexity index is 213. The Kier molecular flexibility index (Phi) is 5.58.